The van der Waals surface area contributed by atoms with Crippen LogP contribution >= 0.6 is 0 Å². The van der Waals surface area contributed by atoms with Gasteiger partial charge in [0.25, 0.3) is 0 Å². The third-order valence-electron chi connectivity index (χ3n) is 0. The number of hydrogen-bond acceptors (Lipinski definition) is 0. The van der Waals surface area contributed by atoms with Crippen molar-refractivity contribution in [1.82, 2.24) is 6.15 Å². The molecule has 0 aromatic rings. The molecule has 0 aliphatic heterocycles. The molecule has 0 saturated carbocycles. The first kappa shape index (κ1) is 48.1. The van der Waals surface area contributed by atoms with E-state index in [0.717, 1.165) is 0 Å². The van der Waals surface area contributed by atoms with Crippen LogP contribution in [-0.2, 0) is 0 Å². The van der Waals surface area contributed by atoms with Gasteiger partial charge in [0, 0.05) is 29.6 Å². The van der Waals surface area contributed by atoms with Gasteiger partial charge in [-0.05, 0) is 0 Å². The van der Waals surface area contributed by atoms with E-state index < -0.39 is 0 Å². The summed E-state index contributed by atoms with van der Waals surface area (Å²) in [6, 6.07) is 0. The maximum absolute atomic E-state index is 0. The molecule has 0 spiro atoms. The maximum atomic E-state index is 0. The van der Waals surface area contributed by atoms with E-state index in [2.05, 4.69) is 0 Å². The molecule has 1 nitrogen and oxygen atoms in total. The van der Waals surface area contributed by atoms with E-state index in [4.69, 9.17) is 0 Å². The van der Waals surface area contributed by atoms with Crippen LogP contribution in [0.1, 0.15) is 0 Å². The molecule has 0 bridgehead atoms. The van der Waals surface area contributed by atoms with Gasteiger partial charge in [-0.2, -0.15) is 0 Å². The number of hydrogen-bond donors (Lipinski definition) is 1. The van der Waals surface area contributed by atoms with Gasteiger partial charge in [-0.1, -0.05) is 0 Å². The van der Waals surface area contributed by atoms with Crippen molar-refractivity contribution >= 4 is 29.6 Å². The Bertz CT molecular complexity index is 6.00. The van der Waals surface area contributed by atoms with Crippen LogP contribution < -0.4 is 31.0 Å². The summed E-state index contributed by atoms with van der Waals surface area (Å²) >= 11 is 0. The van der Waals surface area contributed by atoms with E-state index in [9.17, 15) is 0 Å². The van der Waals surface area contributed by atoms with Crippen molar-refractivity contribution in [1.29, 1.82) is 0 Å². The molecule has 0 aliphatic carbocycles. The van der Waals surface area contributed by atoms with Gasteiger partial charge in [-0.25, -0.2) is 0 Å². The minimum absolute atomic E-state index is 0. The van der Waals surface area contributed by atoms with Crippen LogP contribution in [-0.4, -0.2) is 29.6 Å². The van der Waals surface area contributed by atoms with E-state index in [1.165, 1.54) is 0 Å². The second-order valence-corrected chi connectivity index (χ2v) is 0. The molecule has 1 radical (unpaired) electrons. The first-order chi connectivity index (χ1) is 0. The van der Waals surface area contributed by atoms with Gasteiger partial charge in [-0.3, -0.25) is 0 Å². The van der Waals surface area contributed by atoms with Crippen LogP contribution in [0.4, 0.5) is 0 Å². The minimum Gasteiger partial charge on any atom is -1.00 e. The molecule has 0 amide bonds. The average molecular weight is 112 g/mol. The summed E-state index contributed by atoms with van der Waals surface area (Å²) in [5.74, 6) is 0. The fraction of sp³-hybridized carbons (Fsp3) is 0. The predicted molar refractivity (Wildman–Crippen MR) is 11.7 cm³/mol. The fourth-order valence-corrected chi connectivity index (χ4v) is 0. The van der Waals surface area contributed by atoms with Crippen LogP contribution in [0.2, 0.25) is 0 Å². The summed E-state index contributed by atoms with van der Waals surface area (Å²) in [5.41, 5.74) is 0. The van der Waals surface area contributed by atoms with E-state index in [-0.39, 0.29) is 60.5 Å². The summed E-state index contributed by atoms with van der Waals surface area (Å²) < 4.78 is 0. The van der Waals surface area contributed by atoms with Gasteiger partial charge in [0.15, 0.2) is 0 Å². The summed E-state index contributed by atoms with van der Waals surface area (Å²) in [4.78, 5) is 0. The topological polar surface area (TPSA) is 36.5 Å². The third kappa shape index (κ3) is 9.63. The summed E-state index contributed by atoms with van der Waals surface area (Å²) in [6.07, 6.45) is 0. The minimum atomic E-state index is 0. The van der Waals surface area contributed by atoms with E-state index in [1.54, 1.807) is 0 Å². The Morgan fingerprint density at radius 2 is 0.750 bits per heavy atom. The van der Waals surface area contributed by atoms with Gasteiger partial charge in [-0.15, -0.1) is 0 Å². The molecule has 0 unspecified atom stereocenters. The number of halogens is 2. The van der Waals surface area contributed by atoms with Gasteiger partial charge in [0.05, 0.1) is 0 Å². The van der Waals surface area contributed by atoms with Gasteiger partial charge in [0.2, 0.25) is 0 Å². The SMILES string of the molecule is [Cl-].[Cl-].[NH4+].[Na]. The molecule has 0 aromatic carbocycles. The summed E-state index contributed by atoms with van der Waals surface area (Å²) in [6.45, 7) is 0. The molecule has 0 rings (SSSR count). The van der Waals surface area contributed by atoms with Crippen molar-refractivity contribution < 1.29 is 24.8 Å². The normalized spacial score (nSPS) is 0. The van der Waals surface area contributed by atoms with Gasteiger partial charge < -0.3 is 31.0 Å². The smallest absolute Gasteiger partial charge is 0 e. The zero-order valence-electron chi connectivity index (χ0n) is 2.76. The first-order valence-corrected chi connectivity index (χ1v) is 0. The predicted octanol–water partition coefficient (Wildman–Crippen LogP) is -6.00. The van der Waals surface area contributed by atoms with Crippen molar-refractivity contribution in [2.45, 2.75) is 0 Å². The number of rotatable bonds is 0. The van der Waals surface area contributed by atoms with E-state index >= 15 is 0 Å². The second-order valence-electron chi connectivity index (χ2n) is 0. The van der Waals surface area contributed by atoms with Crippen LogP contribution in [0.5, 0.6) is 0 Å². The zero-order valence-corrected chi connectivity index (χ0v) is 6.27. The molecular weight excluding hydrogens is 108 g/mol. The average Bonchev–Trinajstić information content (AvgIpc) is 0. The molecule has 0 saturated heterocycles. The molecule has 25 valence electrons. The van der Waals surface area contributed by atoms with Crippen LogP contribution in [0.15, 0.2) is 0 Å². The monoisotopic (exact) mass is 111 g/mol. The Hall–Kier alpha value is 1.54. The third-order valence-corrected chi connectivity index (χ3v) is 0. The second kappa shape index (κ2) is 24.0. The Kier molecular flexibility index (Phi) is 289. The Labute approximate surface area is 60.2 Å². The standard InChI is InChI=1S/2ClH.H3N.Na/h2*1H;1H3;/p-1. The largest absolute Gasteiger partial charge is 1.00 e. The van der Waals surface area contributed by atoms with Gasteiger partial charge in [0.1, 0.15) is 0 Å². The summed E-state index contributed by atoms with van der Waals surface area (Å²) in [7, 11) is 0. The molecule has 0 heterocycles. The van der Waals surface area contributed by atoms with E-state index in [0.29, 0.717) is 0 Å². The van der Waals surface area contributed by atoms with Crippen molar-refractivity contribution in [3.63, 3.8) is 0 Å². The molecule has 0 aliphatic rings. The van der Waals surface area contributed by atoms with Crippen LogP contribution in [0.3, 0.4) is 0 Å². The van der Waals surface area contributed by atoms with Gasteiger partial charge >= 0.3 is 0 Å². The van der Waals surface area contributed by atoms with Crippen molar-refractivity contribution in [3.8, 4) is 0 Å². The molecule has 0 atom stereocenters. The molecule has 4 heteroatoms. The zero-order chi connectivity index (χ0) is 0. The molecule has 0 fully saturated rings. The quantitative estimate of drug-likeness (QED) is 0.303. The Balaban J connectivity index is 0. The maximum Gasteiger partial charge on any atom is 0 e. The number of quaternary nitrogens is 1. The molecule has 4 N–H and O–H groups in total. The summed E-state index contributed by atoms with van der Waals surface area (Å²) in [5, 5.41) is 0. The first-order valence-electron chi connectivity index (χ1n) is 0. The van der Waals surface area contributed by atoms with Crippen LogP contribution in [0, 0.1) is 0 Å². The Morgan fingerprint density at radius 3 is 0.750 bits per heavy atom. The Morgan fingerprint density at radius 1 is 0.750 bits per heavy atom. The fourth-order valence-electron chi connectivity index (χ4n) is 0. The molecular formula is H4Cl2NNa-. The molecule has 4 heavy (non-hydrogen) atoms. The van der Waals surface area contributed by atoms with Crippen molar-refractivity contribution in [3.05, 3.63) is 0 Å². The molecule has 0 aromatic heterocycles. The van der Waals surface area contributed by atoms with E-state index in [1.807, 2.05) is 0 Å². The van der Waals surface area contributed by atoms with Crippen LogP contribution in [0.25, 0.3) is 0 Å². The van der Waals surface area contributed by atoms with Crippen molar-refractivity contribution in [2.75, 3.05) is 0 Å². The van der Waals surface area contributed by atoms with Crippen molar-refractivity contribution in [2.24, 2.45) is 0 Å².